The van der Waals surface area contributed by atoms with Crippen molar-refractivity contribution in [3.05, 3.63) is 59.8 Å². The molecule has 0 atom stereocenters. The average Bonchev–Trinajstić information content (AvgIpc) is 3.76. The highest BCUT2D eigenvalue weighted by molar-refractivity contribution is 5.94. The first kappa shape index (κ1) is 29.4. The van der Waals surface area contributed by atoms with Crippen molar-refractivity contribution in [2.75, 3.05) is 18.6 Å². The molecule has 1 aromatic carbocycles. The monoisotopic (exact) mass is 584 g/mol. The number of hydrogen-bond acceptors (Lipinski definition) is 6. The van der Waals surface area contributed by atoms with E-state index < -0.39 is 0 Å². The van der Waals surface area contributed by atoms with E-state index >= 15 is 0 Å². The van der Waals surface area contributed by atoms with E-state index in [1.807, 2.05) is 17.0 Å². The Kier molecular flexibility index (Phi) is 8.82. The van der Waals surface area contributed by atoms with E-state index in [1.54, 1.807) is 26.5 Å². The number of amides is 2. The summed E-state index contributed by atoms with van der Waals surface area (Å²) in [6.07, 6.45) is 13.3. The molecule has 0 saturated heterocycles. The Morgan fingerprint density at radius 1 is 0.977 bits per heavy atom. The van der Waals surface area contributed by atoms with Crippen molar-refractivity contribution in [2.24, 2.45) is 11.8 Å². The zero-order chi connectivity index (χ0) is 29.9. The second kappa shape index (κ2) is 12.9. The fraction of sp³-hybridized carbons (Fsp3) is 0.543. The standard InChI is InChI=1S/C35H44N4O4/c1-22-18-28(12-15-32(22)42-3)25-6-4-24(5-7-25)20-39(35(41)27-10-13-30(14-11-27)37-23(2)40)33-19-29(16-17-36-33)31-21-43-34(38-31)26-8-9-26/h12,15-19,21,24-27,30H,4-11,13-14,20H2,1-3H3,(H,37,40)/t24-,25-,27-,30-. The van der Waals surface area contributed by atoms with Crippen molar-refractivity contribution in [2.45, 2.75) is 95.9 Å². The first-order chi connectivity index (χ1) is 20.9. The third-order valence-corrected chi connectivity index (χ3v) is 9.69. The van der Waals surface area contributed by atoms with Gasteiger partial charge in [0.05, 0.1) is 7.11 Å². The van der Waals surface area contributed by atoms with E-state index in [4.69, 9.17) is 19.1 Å². The highest BCUT2D eigenvalue weighted by Crippen LogP contribution is 2.41. The number of anilines is 1. The van der Waals surface area contributed by atoms with Gasteiger partial charge in [-0.15, -0.1) is 0 Å². The van der Waals surface area contributed by atoms with Gasteiger partial charge in [0.2, 0.25) is 11.8 Å². The second-order valence-corrected chi connectivity index (χ2v) is 12.9. The Bertz CT molecular complexity index is 1430. The number of hydrogen-bond donors (Lipinski definition) is 1. The van der Waals surface area contributed by atoms with Gasteiger partial charge in [-0.25, -0.2) is 9.97 Å². The van der Waals surface area contributed by atoms with E-state index in [1.165, 1.54) is 11.1 Å². The quantitative estimate of drug-likeness (QED) is 0.293. The van der Waals surface area contributed by atoms with Gasteiger partial charge in [0.1, 0.15) is 23.5 Å². The van der Waals surface area contributed by atoms with Crippen LogP contribution in [0, 0.1) is 18.8 Å². The average molecular weight is 585 g/mol. The molecule has 3 fully saturated rings. The number of aromatic nitrogens is 2. The lowest BCUT2D eigenvalue weighted by atomic mass is 9.78. The third kappa shape index (κ3) is 6.94. The Morgan fingerprint density at radius 3 is 2.40 bits per heavy atom. The van der Waals surface area contributed by atoms with Crippen LogP contribution in [0.5, 0.6) is 5.75 Å². The molecule has 2 aromatic heterocycles. The summed E-state index contributed by atoms with van der Waals surface area (Å²) in [5, 5.41) is 3.04. The first-order valence-electron chi connectivity index (χ1n) is 16.0. The highest BCUT2D eigenvalue weighted by Gasteiger charge is 2.34. The van der Waals surface area contributed by atoms with Crippen LogP contribution in [0.4, 0.5) is 5.82 Å². The highest BCUT2D eigenvalue weighted by atomic mass is 16.5. The minimum atomic E-state index is -0.0670. The fourth-order valence-electron chi connectivity index (χ4n) is 7.04. The Balaban J connectivity index is 1.18. The Labute approximate surface area is 254 Å². The predicted molar refractivity (Wildman–Crippen MR) is 166 cm³/mol. The summed E-state index contributed by atoms with van der Waals surface area (Å²) in [5.41, 5.74) is 4.28. The molecular formula is C35H44N4O4. The maximum atomic E-state index is 14.2. The van der Waals surface area contributed by atoms with Crippen LogP contribution in [0.25, 0.3) is 11.3 Å². The Hall–Kier alpha value is -3.68. The molecule has 6 rings (SSSR count). The molecule has 8 nitrogen and oxygen atoms in total. The molecular weight excluding hydrogens is 540 g/mol. The number of carbonyl (C=O) groups excluding carboxylic acids is 2. The lowest BCUT2D eigenvalue weighted by Crippen LogP contribution is -2.44. The van der Waals surface area contributed by atoms with Gasteiger partial charge in [-0.05, 0) is 112 Å². The number of benzene rings is 1. The van der Waals surface area contributed by atoms with Gasteiger partial charge in [0, 0.05) is 43.1 Å². The van der Waals surface area contributed by atoms with Crippen LogP contribution in [0.2, 0.25) is 0 Å². The van der Waals surface area contributed by atoms with Crippen molar-refractivity contribution >= 4 is 17.6 Å². The van der Waals surface area contributed by atoms with Crippen LogP contribution in [0.15, 0.2) is 47.2 Å². The number of aryl methyl sites for hydroxylation is 1. The normalized spacial score (nSPS) is 23.9. The summed E-state index contributed by atoms with van der Waals surface area (Å²) in [7, 11) is 1.72. The van der Waals surface area contributed by atoms with Crippen molar-refractivity contribution in [3.8, 4) is 17.0 Å². The number of pyridine rings is 1. The fourth-order valence-corrected chi connectivity index (χ4v) is 7.04. The van der Waals surface area contributed by atoms with Crippen molar-refractivity contribution < 1.29 is 18.7 Å². The summed E-state index contributed by atoms with van der Waals surface area (Å²) in [6, 6.07) is 10.7. The minimum absolute atomic E-state index is 0.00415. The van der Waals surface area contributed by atoms with Gasteiger partial charge >= 0.3 is 0 Å². The maximum absolute atomic E-state index is 14.2. The molecule has 3 aliphatic carbocycles. The second-order valence-electron chi connectivity index (χ2n) is 12.9. The molecule has 43 heavy (non-hydrogen) atoms. The number of ether oxygens (including phenoxy) is 1. The van der Waals surface area contributed by atoms with Gasteiger partial charge < -0.3 is 14.5 Å². The molecule has 2 amide bonds. The van der Waals surface area contributed by atoms with E-state index in [9.17, 15) is 9.59 Å². The summed E-state index contributed by atoms with van der Waals surface area (Å²) < 4.78 is 11.2. The third-order valence-electron chi connectivity index (χ3n) is 9.69. The van der Waals surface area contributed by atoms with E-state index in [2.05, 4.69) is 30.4 Å². The van der Waals surface area contributed by atoms with Crippen LogP contribution in [0.3, 0.4) is 0 Å². The van der Waals surface area contributed by atoms with E-state index in [-0.39, 0.29) is 23.8 Å². The smallest absolute Gasteiger partial charge is 0.231 e. The summed E-state index contributed by atoms with van der Waals surface area (Å²) in [4.78, 5) is 37.2. The van der Waals surface area contributed by atoms with Crippen LogP contribution in [0.1, 0.15) is 100.0 Å². The first-order valence-corrected chi connectivity index (χ1v) is 16.0. The van der Waals surface area contributed by atoms with Crippen molar-refractivity contribution in [1.82, 2.24) is 15.3 Å². The molecule has 0 radical (unpaired) electrons. The summed E-state index contributed by atoms with van der Waals surface area (Å²) >= 11 is 0. The number of oxazole rings is 1. The van der Waals surface area contributed by atoms with Gasteiger partial charge in [-0.3, -0.25) is 14.5 Å². The number of nitrogens with zero attached hydrogens (tertiary/aromatic N) is 3. The lowest BCUT2D eigenvalue weighted by Gasteiger charge is -2.36. The number of nitrogens with one attached hydrogen (secondary N) is 1. The van der Waals surface area contributed by atoms with Crippen molar-refractivity contribution in [3.63, 3.8) is 0 Å². The molecule has 0 unspecified atom stereocenters. The maximum Gasteiger partial charge on any atom is 0.231 e. The molecule has 8 heteroatoms. The zero-order valence-electron chi connectivity index (χ0n) is 25.7. The van der Waals surface area contributed by atoms with Gasteiger partial charge in [-0.2, -0.15) is 0 Å². The topological polar surface area (TPSA) is 97.6 Å². The summed E-state index contributed by atoms with van der Waals surface area (Å²) in [5.74, 6) is 3.89. The molecule has 3 aromatic rings. The van der Waals surface area contributed by atoms with Crippen LogP contribution in [-0.2, 0) is 9.59 Å². The lowest BCUT2D eigenvalue weighted by molar-refractivity contribution is -0.123. The molecule has 0 aliphatic heterocycles. The minimum Gasteiger partial charge on any atom is -0.496 e. The van der Waals surface area contributed by atoms with E-state index in [0.717, 1.165) is 87.1 Å². The SMILES string of the molecule is COc1ccc([C@H]2CC[C@H](CN(c3cc(-c4coc(C5CC5)n4)ccn3)C(=O)[C@H]3CC[C@H](NC(C)=O)CC3)CC2)cc1C. The van der Waals surface area contributed by atoms with Crippen LogP contribution in [-0.4, -0.2) is 41.5 Å². The van der Waals surface area contributed by atoms with Gasteiger partial charge in [0.15, 0.2) is 5.89 Å². The van der Waals surface area contributed by atoms with Crippen LogP contribution >= 0.6 is 0 Å². The molecule has 0 spiro atoms. The van der Waals surface area contributed by atoms with Gasteiger partial charge in [-0.1, -0.05) is 12.1 Å². The molecule has 3 aliphatic rings. The van der Waals surface area contributed by atoms with E-state index in [0.29, 0.717) is 30.1 Å². The predicted octanol–water partition coefficient (Wildman–Crippen LogP) is 6.93. The largest absolute Gasteiger partial charge is 0.496 e. The zero-order valence-corrected chi connectivity index (χ0v) is 25.7. The van der Waals surface area contributed by atoms with Crippen LogP contribution < -0.4 is 15.0 Å². The van der Waals surface area contributed by atoms with Gasteiger partial charge in [0.25, 0.3) is 0 Å². The number of carbonyl (C=O) groups is 2. The number of rotatable bonds is 9. The summed E-state index contributed by atoms with van der Waals surface area (Å²) in [6.45, 7) is 4.33. The molecule has 1 N–H and O–H groups in total. The molecule has 228 valence electrons. The Morgan fingerprint density at radius 2 is 1.72 bits per heavy atom. The molecule has 0 bridgehead atoms. The molecule has 3 saturated carbocycles. The number of methoxy groups -OCH3 is 1. The van der Waals surface area contributed by atoms with Crippen molar-refractivity contribution in [1.29, 1.82) is 0 Å². The molecule has 2 heterocycles.